The van der Waals surface area contributed by atoms with Crippen LogP contribution in [0.1, 0.15) is 44.1 Å². The number of hydrogen-bond acceptors (Lipinski definition) is 3. The summed E-state index contributed by atoms with van der Waals surface area (Å²) in [6, 6.07) is 9.01. The highest BCUT2D eigenvalue weighted by atomic mass is 16.2. The average molecular weight is 423 g/mol. The van der Waals surface area contributed by atoms with Crippen LogP contribution in [0.15, 0.2) is 30.5 Å². The van der Waals surface area contributed by atoms with E-state index in [0.717, 1.165) is 65.0 Å². The molecule has 1 aromatic carbocycles. The zero-order chi connectivity index (χ0) is 21.4. The molecule has 0 aliphatic carbocycles. The van der Waals surface area contributed by atoms with Crippen molar-refractivity contribution in [1.82, 2.24) is 19.3 Å². The number of hydrogen-bond donors (Lipinski definition) is 0. The van der Waals surface area contributed by atoms with E-state index in [-0.39, 0.29) is 5.91 Å². The van der Waals surface area contributed by atoms with Gasteiger partial charge in [0.2, 0.25) is 11.8 Å². The van der Waals surface area contributed by atoms with Gasteiger partial charge in [-0.15, -0.1) is 0 Å². The van der Waals surface area contributed by atoms with Gasteiger partial charge < -0.3 is 14.4 Å². The third-order valence-electron chi connectivity index (χ3n) is 7.60. The molecule has 6 nitrogen and oxygen atoms in total. The molecule has 5 rings (SSSR count). The first kappa shape index (κ1) is 20.6. The number of rotatable bonds is 6. The van der Waals surface area contributed by atoms with Crippen LogP contribution in [0.2, 0.25) is 0 Å². The molecule has 0 radical (unpaired) electrons. The third-order valence-corrected chi connectivity index (χ3v) is 7.60. The molecule has 0 saturated carbocycles. The van der Waals surface area contributed by atoms with E-state index in [9.17, 15) is 9.59 Å². The van der Waals surface area contributed by atoms with Crippen LogP contribution in [0.25, 0.3) is 10.9 Å². The summed E-state index contributed by atoms with van der Waals surface area (Å²) >= 11 is 0. The lowest BCUT2D eigenvalue weighted by Crippen LogP contribution is -2.56. The van der Waals surface area contributed by atoms with Crippen molar-refractivity contribution in [3.63, 3.8) is 0 Å². The summed E-state index contributed by atoms with van der Waals surface area (Å²) in [5, 5.41) is 1.35. The van der Waals surface area contributed by atoms with Gasteiger partial charge in [-0.25, -0.2) is 0 Å². The van der Waals surface area contributed by atoms with Gasteiger partial charge >= 0.3 is 0 Å². The Morgan fingerprint density at radius 3 is 2.71 bits per heavy atom. The molecule has 0 unspecified atom stereocenters. The van der Waals surface area contributed by atoms with Gasteiger partial charge in [-0.1, -0.05) is 18.2 Å². The van der Waals surface area contributed by atoms with E-state index in [1.54, 1.807) is 0 Å². The molecule has 3 saturated heterocycles. The molecule has 3 fully saturated rings. The molecule has 2 aromatic rings. The van der Waals surface area contributed by atoms with Gasteiger partial charge in [-0.2, -0.15) is 0 Å². The Morgan fingerprint density at radius 2 is 1.87 bits per heavy atom. The van der Waals surface area contributed by atoms with E-state index in [1.807, 2.05) is 4.90 Å². The predicted octanol–water partition coefficient (Wildman–Crippen LogP) is 3.00. The Kier molecular flexibility index (Phi) is 5.74. The van der Waals surface area contributed by atoms with Gasteiger partial charge in [0.15, 0.2) is 0 Å². The highest BCUT2D eigenvalue weighted by Crippen LogP contribution is 2.33. The second kappa shape index (κ2) is 8.65. The fraction of sp³-hybridized carbons (Fsp3) is 0.600. The lowest BCUT2D eigenvalue weighted by atomic mass is 9.83. The number of benzene rings is 1. The van der Waals surface area contributed by atoms with Crippen molar-refractivity contribution in [2.75, 3.05) is 32.7 Å². The Labute approximate surface area is 184 Å². The number of piperidine rings is 2. The van der Waals surface area contributed by atoms with Crippen molar-refractivity contribution in [1.29, 1.82) is 0 Å². The Hall–Kier alpha value is -2.34. The minimum absolute atomic E-state index is 0.282. The summed E-state index contributed by atoms with van der Waals surface area (Å²) in [7, 11) is 2.12. The van der Waals surface area contributed by atoms with Crippen LogP contribution in [-0.2, 0) is 23.2 Å². The predicted molar refractivity (Wildman–Crippen MR) is 121 cm³/mol. The number of fused-ring (bicyclic) bond motifs is 2. The summed E-state index contributed by atoms with van der Waals surface area (Å²) in [6.45, 7) is 5.58. The number of carbonyl (C=O) groups excluding carboxylic acids is 2. The van der Waals surface area contributed by atoms with E-state index < -0.39 is 0 Å². The molecule has 0 spiro atoms. The standard InChI is InChI=1S/C25H34N4O2/c1-26-16-20(21-6-2-3-7-23(21)26)18-27-15-11-22-19(17-27)9-10-25(31)29(22)14-5-13-28-12-4-8-24(28)30/h2-3,6-7,16,19,22H,4-5,8-15,17-18H2,1H3/t19-,22+/m1/s1. The molecule has 0 bridgehead atoms. The van der Waals surface area contributed by atoms with Gasteiger partial charge in [-0.05, 0) is 43.2 Å². The van der Waals surface area contributed by atoms with E-state index in [2.05, 4.69) is 51.9 Å². The molecule has 2 atom stereocenters. The topological polar surface area (TPSA) is 48.8 Å². The van der Waals surface area contributed by atoms with E-state index in [1.165, 1.54) is 16.5 Å². The summed E-state index contributed by atoms with van der Waals surface area (Å²) in [5.74, 6) is 1.16. The van der Waals surface area contributed by atoms with Crippen molar-refractivity contribution in [3.05, 3.63) is 36.0 Å². The van der Waals surface area contributed by atoms with Crippen molar-refractivity contribution in [3.8, 4) is 0 Å². The van der Waals surface area contributed by atoms with Crippen LogP contribution in [0.5, 0.6) is 0 Å². The first-order chi connectivity index (χ1) is 15.1. The molecule has 3 aliphatic rings. The Bertz CT molecular complexity index is 968. The summed E-state index contributed by atoms with van der Waals surface area (Å²) in [4.78, 5) is 31.3. The van der Waals surface area contributed by atoms with Gasteiger partial charge in [0.1, 0.15) is 0 Å². The van der Waals surface area contributed by atoms with E-state index in [4.69, 9.17) is 0 Å². The van der Waals surface area contributed by atoms with Crippen molar-refractivity contribution >= 4 is 22.7 Å². The van der Waals surface area contributed by atoms with E-state index >= 15 is 0 Å². The molecule has 31 heavy (non-hydrogen) atoms. The Balaban J connectivity index is 1.20. The molecule has 166 valence electrons. The van der Waals surface area contributed by atoms with Crippen LogP contribution in [0.3, 0.4) is 0 Å². The summed E-state index contributed by atoms with van der Waals surface area (Å²) < 4.78 is 2.23. The second-order valence-electron chi connectivity index (χ2n) is 9.60. The van der Waals surface area contributed by atoms with Gasteiger partial charge in [0.25, 0.3) is 0 Å². The summed E-state index contributed by atoms with van der Waals surface area (Å²) in [6.07, 6.45) is 7.60. The average Bonchev–Trinajstić information content (AvgIpc) is 3.33. The van der Waals surface area contributed by atoms with Crippen LogP contribution in [-0.4, -0.2) is 69.8 Å². The summed E-state index contributed by atoms with van der Waals surface area (Å²) in [5.41, 5.74) is 2.69. The third kappa shape index (κ3) is 4.10. The largest absolute Gasteiger partial charge is 0.350 e. The smallest absolute Gasteiger partial charge is 0.222 e. The zero-order valence-corrected chi connectivity index (χ0v) is 18.6. The first-order valence-corrected chi connectivity index (χ1v) is 11.9. The van der Waals surface area contributed by atoms with Crippen LogP contribution < -0.4 is 0 Å². The number of para-hydroxylation sites is 1. The van der Waals surface area contributed by atoms with Crippen molar-refractivity contribution < 1.29 is 9.59 Å². The van der Waals surface area contributed by atoms with Gasteiger partial charge in [-0.3, -0.25) is 14.5 Å². The molecule has 2 amide bonds. The lowest BCUT2D eigenvalue weighted by Gasteiger charge is -2.47. The van der Waals surface area contributed by atoms with Gasteiger partial charge in [0, 0.05) is 82.3 Å². The normalized spacial score (nSPS) is 24.9. The number of amides is 2. The monoisotopic (exact) mass is 422 g/mol. The lowest BCUT2D eigenvalue weighted by molar-refractivity contribution is -0.141. The van der Waals surface area contributed by atoms with Crippen LogP contribution >= 0.6 is 0 Å². The molecule has 4 heterocycles. The van der Waals surface area contributed by atoms with Crippen molar-refractivity contribution in [2.45, 2.75) is 51.1 Å². The minimum atomic E-state index is 0.282. The number of nitrogens with zero attached hydrogens (tertiary/aromatic N) is 4. The second-order valence-corrected chi connectivity index (χ2v) is 9.60. The highest BCUT2D eigenvalue weighted by molar-refractivity contribution is 5.83. The maximum atomic E-state index is 12.7. The number of aryl methyl sites for hydroxylation is 1. The van der Waals surface area contributed by atoms with Gasteiger partial charge in [0.05, 0.1) is 0 Å². The quantitative estimate of drug-likeness (QED) is 0.719. The highest BCUT2D eigenvalue weighted by Gasteiger charge is 2.39. The number of likely N-dealkylation sites (tertiary alicyclic amines) is 3. The number of carbonyl (C=O) groups is 2. The molecule has 6 heteroatoms. The maximum Gasteiger partial charge on any atom is 0.222 e. The molecule has 0 N–H and O–H groups in total. The fourth-order valence-corrected chi connectivity index (χ4v) is 6.03. The Morgan fingerprint density at radius 1 is 1.00 bits per heavy atom. The molecular weight excluding hydrogens is 388 g/mol. The zero-order valence-electron chi connectivity index (χ0n) is 18.6. The SMILES string of the molecule is Cn1cc(CN2CC[C@H]3[C@H](CCC(=O)N3CCCN3CCCC3=O)C2)c2ccccc21. The van der Waals surface area contributed by atoms with Crippen molar-refractivity contribution in [2.24, 2.45) is 13.0 Å². The van der Waals surface area contributed by atoms with E-state index in [0.29, 0.717) is 30.7 Å². The van der Waals surface area contributed by atoms with Crippen LogP contribution in [0.4, 0.5) is 0 Å². The first-order valence-electron chi connectivity index (χ1n) is 11.9. The number of aromatic nitrogens is 1. The molecule has 1 aromatic heterocycles. The molecule has 3 aliphatic heterocycles. The minimum Gasteiger partial charge on any atom is -0.350 e. The van der Waals surface area contributed by atoms with Crippen LogP contribution in [0, 0.1) is 5.92 Å². The molecular formula is C25H34N4O2. The fourth-order valence-electron chi connectivity index (χ4n) is 6.03. The maximum absolute atomic E-state index is 12.7.